The van der Waals surface area contributed by atoms with Crippen LogP contribution in [0.3, 0.4) is 0 Å². The van der Waals surface area contributed by atoms with Crippen molar-refractivity contribution in [2.24, 2.45) is 5.92 Å². The lowest BCUT2D eigenvalue weighted by atomic mass is 10.0. The highest BCUT2D eigenvalue weighted by Gasteiger charge is 2.20. The molecule has 0 bridgehead atoms. The zero-order valence-electron chi connectivity index (χ0n) is 10.2. The smallest absolute Gasteiger partial charge is 0.314 e. The van der Waals surface area contributed by atoms with Gasteiger partial charge in [0, 0.05) is 5.02 Å². The van der Waals surface area contributed by atoms with Gasteiger partial charge in [-0.1, -0.05) is 37.0 Å². The molecular weight excluding hydrogens is 275 g/mol. The molecular formula is C13H14Cl2O3. The van der Waals surface area contributed by atoms with Crippen LogP contribution in [0.1, 0.15) is 37.0 Å². The first-order valence-corrected chi connectivity index (χ1v) is 6.44. The molecule has 98 valence electrons. The topological polar surface area (TPSA) is 43.4 Å². The van der Waals surface area contributed by atoms with Gasteiger partial charge in [-0.25, -0.2) is 0 Å². The van der Waals surface area contributed by atoms with Crippen LogP contribution in [0.4, 0.5) is 0 Å². The number of benzene rings is 1. The van der Waals surface area contributed by atoms with Gasteiger partial charge in [0.15, 0.2) is 12.0 Å². The van der Waals surface area contributed by atoms with Gasteiger partial charge >= 0.3 is 5.97 Å². The average Bonchev–Trinajstić information content (AvgIpc) is 2.33. The third kappa shape index (κ3) is 3.47. The van der Waals surface area contributed by atoms with Crippen LogP contribution < -0.4 is 4.74 Å². The van der Waals surface area contributed by atoms with E-state index < -0.39 is 0 Å². The van der Waals surface area contributed by atoms with E-state index in [1.165, 1.54) is 12.1 Å². The summed E-state index contributed by atoms with van der Waals surface area (Å²) >= 11 is 11.7. The highest BCUT2D eigenvalue weighted by Crippen LogP contribution is 2.32. The molecule has 0 N–H and O–H groups in total. The minimum atomic E-state index is -0.382. The zero-order valence-corrected chi connectivity index (χ0v) is 11.7. The summed E-state index contributed by atoms with van der Waals surface area (Å²) in [5, 5.41) is 0.480. The molecule has 0 unspecified atom stereocenters. The van der Waals surface area contributed by atoms with Crippen LogP contribution in [-0.4, -0.2) is 12.3 Å². The molecule has 5 heteroatoms. The van der Waals surface area contributed by atoms with Crippen molar-refractivity contribution in [3.8, 4) is 5.75 Å². The van der Waals surface area contributed by atoms with Crippen LogP contribution >= 0.6 is 23.2 Å². The Kier molecular flexibility index (Phi) is 5.63. The summed E-state index contributed by atoms with van der Waals surface area (Å²) in [5.74, 6) is -0.503. The number of esters is 1. The van der Waals surface area contributed by atoms with E-state index in [0.29, 0.717) is 24.2 Å². The fourth-order valence-electron chi connectivity index (χ4n) is 1.58. The number of hydrogen-bond donors (Lipinski definition) is 0. The highest BCUT2D eigenvalue weighted by atomic mass is 35.5. The number of halogens is 2. The maximum Gasteiger partial charge on any atom is 0.314 e. The van der Waals surface area contributed by atoms with Crippen LogP contribution in [0.15, 0.2) is 12.1 Å². The second kappa shape index (κ2) is 6.76. The van der Waals surface area contributed by atoms with E-state index in [1.54, 1.807) is 0 Å². The van der Waals surface area contributed by atoms with Crippen molar-refractivity contribution < 1.29 is 14.3 Å². The molecule has 0 amide bonds. The van der Waals surface area contributed by atoms with E-state index in [2.05, 4.69) is 0 Å². The van der Waals surface area contributed by atoms with Gasteiger partial charge in [-0.2, -0.15) is 0 Å². The van der Waals surface area contributed by atoms with E-state index in [-0.39, 0.29) is 28.2 Å². The maximum absolute atomic E-state index is 11.9. The molecule has 18 heavy (non-hydrogen) atoms. The van der Waals surface area contributed by atoms with Crippen molar-refractivity contribution in [2.75, 3.05) is 0 Å². The number of carbonyl (C=O) groups excluding carboxylic acids is 2. The van der Waals surface area contributed by atoms with Gasteiger partial charge in [0.05, 0.1) is 16.5 Å². The van der Waals surface area contributed by atoms with Gasteiger partial charge in [-0.3, -0.25) is 9.59 Å². The maximum atomic E-state index is 11.9. The first-order valence-electron chi connectivity index (χ1n) is 5.69. The quantitative estimate of drug-likeness (QED) is 0.464. The second-order valence-electron chi connectivity index (χ2n) is 3.86. The van der Waals surface area contributed by atoms with Gasteiger partial charge in [0.1, 0.15) is 0 Å². The Hall–Kier alpha value is -1.06. The Labute approximate surface area is 116 Å². The van der Waals surface area contributed by atoms with E-state index in [0.717, 1.165) is 0 Å². The molecule has 0 aliphatic carbocycles. The molecule has 0 aliphatic heterocycles. The van der Waals surface area contributed by atoms with Crippen molar-refractivity contribution >= 4 is 35.5 Å². The average molecular weight is 289 g/mol. The van der Waals surface area contributed by atoms with Gasteiger partial charge in [-0.05, 0) is 25.0 Å². The minimum absolute atomic E-state index is 0.0768. The van der Waals surface area contributed by atoms with E-state index in [1.807, 2.05) is 13.8 Å². The molecule has 3 nitrogen and oxygen atoms in total. The lowest BCUT2D eigenvalue weighted by Crippen LogP contribution is -2.20. The molecule has 0 fully saturated rings. The molecule has 1 rings (SSSR count). The Balaban J connectivity index is 3.03. The van der Waals surface area contributed by atoms with Crippen molar-refractivity contribution in [3.63, 3.8) is 0 Å². The van der Waals surface area contributed by atoms with Gasteiger partial charge in [0.25, 0.3) is 0 Å². The van der Waals surface area contributed by atoms with Crippen molar-refractivity contribution in [1.29, 1.82) is 0 Å². The van der Waals surface area contributed by atoms with Crippen molar-refractivity contribution in [2.45, 2.75) is 26.7 Å². The van der Waals surface area contributed by atoms with Crippen molar-refractivity contribution in [3.05, 3.63) is 27.7 Å². The van der Waals surface area contributed by atoms with Gasteiger partial charge in [0.2, 0.25) is 0 Å². The predicted molar refractivity (Wildman–Crippen MR) is 71.6 cm³/mol. The normalized spacial score (nSPS) is 10.5. The molecule has 0 aromatic heterocycles. The summed E-state index contributed by atoms with van der Waals surface area (Å²) in [7, 11) is 0. The van der Waals surface area contributed by atoms with Gasteiger partial charge < -0.3 is 4.74 Å². The zero-order chi connectivity index (χ0) is 13.7. The summed E-state index contributed by atoms with van der Waals surface area (Å²) in [5.41, 5.74) is 0.173. The molecule has 1 aromatic carbocycles. The fraction of sp³-hybridized carbons (Fsp3) is 0.385. The SMILES string of the molecule is CCC(CC)C(=O)Oc1c(Cl)cc(Cl)cc1C=O. The fourth-order valence-corrected chi connectivity index (χ4v) is 2.13. The molecule has 0 saturated heterocycles. The standard InChI is InChI=1S/C13H14Cl2O3/c1-3-8(4-2)13(17)18-12-9(7-16)5-10(14)6-11(12)15/h5-8H,3-4H2,1-2H3. The Bertz CT molecular complexity index is 454. The molecule has 0 aliphatic rings. The van der Waals surface area contributed by atoms with Gasteiger partial charge in [-0.15, -0.1) is 0 Å². The number of ether oxygens (including phenoxy) is 1. The summed E-state index contributed by atoms with van der Waals surface area (Å²) in [4.78, 5) is 22.8. The second-order valence-corrected chi connectivity index (χ2v) is 4.70. The molecule has 0 spiro atoms. The number of aldehydes is 1. The minimum Gasteiger partial charge on any atom is -0.424 e. The third-order valence-electron chi connectivity index (χ3n) is 2.69. The van der Waals surface area contributed by atoms with Crippen LogP contribution in [0.25, 0.3) is 0 Å². The van der Waals surface area contributed by atoms with E-state index in [4.69, 9.17) is 27.9 Å². The summed E-state index contributed by atoms with van der Waals surface area (Å²) in [6, 6.07) is 2.85. The predicted octanol–water partition coefficient (Wildman–Crippen LogP) is 4.15. The van der Waals surface area contributed by atoms with Crippen LogP contribution in [-0.2, 0) is 4.79 Å². The van der Waals surface area contributed by atoms with Crippen LogP contribution in [0.5, 0.6) is 5.75 Å². The van der Waals surface area contributed by atoms with E-state index in [9.17, 15) is 9.59 Å². The first-order chi connectivity index (χ1) is 8.53. The largest absolute Gasteiger partial charge is 0.424 e. The third-order valence-corrected chi connectivity index (χ3v) is 3.18. The lowest BCUT2D eigenvalue weighted by molar-refractivity contribution is -0.139. The summed E-state index contributed by atoms with van der Waals surface area (Å²) < 4.78 is 5.21. The lowest BCUT2D eigenvalue weighted by Gasteiger charge is -2.14. The number of hydrogen-bond acceptors (Lipinski definition) is 3. The monoisotopic (exact) mass is 288 g/mol. The molecule has 0 saturated carbocycles. The molecule has 0 radical (unpaired) electrons. The van der Waals surface area contributed by atoms with Crippen LogP contribution in [0.2, 0.25) is 10.0 Å². The summed E-state index contributed by atoms with van der Waals surface area (Å²) in [6.45, 7) is 3.80. The van der Waals surface area contributed by atoms with E-state index >= 15 is 0 Å². The Morgan fingerprint density at radius 3 is 2.44 bits per heavy atom. The number of carbonyl (C=O) groups is 2. The first kappa shape index (κ1) is 15.0. The Morgan fingerprint density at radius 1 is 1.33 bits per heavy atom. The number of rotatable bonds is 5. The Morgan fingerprint density at radius 2 is 1.94 bits per heavy atom. The molecule has 1 aromatic rings. The molecule has 0 heterocycles. The van der Waals surface area contributed by atoms with Crippen LogP contribution in [0, 0.1) is 5.92 Å². The summed E-state index contributed by atoms with van der Waals surface area (Å²) in [6.07, 6.45) is 1.92. The van der Waals surface area contributed by atoms with Crippen molar-refractivity contribution in [1.82, 2.24) is 0 Å². The highest BCUT2D eigenvalue weighted by molar-refractivity contribution is 6.36. The molecule has 0 atom stereocenters.